The van der Waals surface area contributed by atoms with Gasteiger partial charge in [-0.15, -0.1) is 0 Å². The lowest BCUT2D eigenvalue weighted by atomic mass is 9.90. The summed E-state index contributed by atoms with van der Waals surface area (Å²) >= 11 is 0. The van der Waals surface area contributed by atoms with Gasteiger partial charge in [0.05, 0.1) is 32.2 Å². The maximum absolute atomic E-state index is 13.3. The Labute approximate surface area is 198 Å². The van der Waals surface area contributed by atoms with E-state index in [1.807, 2.05) is 24.3 Å². The molecule has 0 amide bonds. The van der Waals surface area contributed by atoms with Crippen LogP contribution in [0, 0.1) is 0 Å². The molecular weight excluding hydrogens is 436 g/mol. The third-order valence-electron chi connectivity index (χ3n) is 6.35. The lowest BCUT2D eigenvalue weighted by Crippen LogP contribution is -2.59. The van der Waals surface area contributed by atoms with Gasteiger partial charge in [0.25, 0.3) is 5.72 Å². The fourth-order valence-electron chi connectivity index (χ4n) is 4.62. The number of likely N-dealkylation sites (N-methyl/N-ethyl adjacent to an activating group) is 1. The highest BCUT2D eigenvalue weighted by Crippen LogP contribution is 2.44. The minimum absolute atomic E-state index is 0.0262. The smallest absolute Gasteiger partial charge is 0.364 e. The Morgan fingerprint density at radius 3 is 2.50 bits per heavy atom. The van der Waals surface area contributed by atoms with E-state index in [1.54, 1.807) is 39.4 Å². The molecule has 8 nitrogen and oxygen atoms in total. The molecular formula is C26H28N2O6. The van der Waals surface area contributed by atoms with Gasteiger partial charge in [-0.05, 0) is 30.2 Å². The predicted molar refractivity (Wildman–Crippen MR) is 126 cm³/mol. The number of carbonyl (C=O) groups excluding carboxylic acids is 1. The Morgan fingerprint density at radius 1 is 1.12 bits per heavy atom. The van der Waals surface area contributed by atoms with E-state index < -0.39 is 11.7 Å². The predicted octanol–water partition coefficient (Wildman–Crippen LogP) is 2.66. The number of hydrogen-bond acceptors (Lipinski definition) is 7. The van der Waals surface area contributed by atoms with Crippen molar-refractivity contribution in [2.24, 2.45) is 0 Å². The monoisotopic (exact) mass is 464 g/mol. The topological polar surface area (TPSA) is 99.5 Å². The van der Waals surface area contributed by atoms with Crippen molar-refractivity contribution >= 4 is 17.4 Å². The Balaban J connectivity index is 2.01. The number of nitrogens with zero attached hydrogens (tertiary/aromatic N) is 2. The second-order valence-corrected chi connectivity index (χ2v) is 8.51. The maximum Gasteiger partial charge on any atom is 0.364 e. The van der Waals surface area contributed by atoms with Crippen molar-refractivity contribution in [2.75, 3.05) is 28.3 Å². The van der Waals surface area contributed by atoms with Crippen LogP contribution < -0.4 is 9.47 Å². The molecule has 0 saturated carbocycles. The van der Waals surface area contributed by atoms with Crippen LogP contribution in [-0.2, 0) is 22.6 Å². The quantitative estimate of drug-likeness (QED) is 0.673. The Hall–Kier alpha value is -3.78. The molecule has 2 aromatic rings. The number of carbonyl (C=O) groups is 2. The van der Waals surface area contributed by atoms with Gasteiger partial charge < -0.3 is 29.5 Å². The van der Waals surface area contributed by atoms with E-state index in [4.69, 9.17) is 9.47 Å². The van der Waals surface area contributed by atoms with Crippen LogP contribution in [0.2, 0.25) is 0 Å². The second-order valence-electron chi connectivity index (χ2n) is 8.51. The van der Waals surface area contributed by atoms with E-state index in [-0.39, 0.29) is 24.4 Å². The summed E-state index contributed by atoms with van der Waals surface area (Å²) in [6.07, 6.45) is 2.33. The van der Waals surface area contributed by atoms with Crippen LogP contribution in [0.5, 0.6) is 11.5 Å². The molecule has 0 radical (unpaired) electrons. The van der Waals surface area contributed by atoms with Crippen molar-refractivity contribution in [3.8, 4) is 11.5 Å². The molecule has 1 aliphatic heterocycles. The summed E-state index contributed by atoms with van der Waals surface area (Å²) in [5.41, 5.74) is 0.721. The second kappa shape index (κ2) is 8.87. The molecule has 8 heteroatoms. The van der Waals surface area contributed by atoms with E-state index in [0.29, 0.717) is 34.8 Å². The minimum atomic E-state index is -2.43. The number of methoxy groups -OCH3 is 2. The summed E-state index contributed by atoms with van der Waals surface area (Å²) in [4.78, 5) is 28.9. The van der Waals surface area contributed by atoms with E-state index in [1.165, 1.54) is 23.0 Å². The van der Waals surface area contributed by atoms with Crippen molar-refractivity contribution in [2.45, 2.75) is 25.1 Å². The van der Waals surface area contributed by atoms with E-state index in [9.17, 15) is 19.8 Å². The fraction of sp³-hybridized carbons (Fsp3) is 0.308. The zero-order chi connectivity index (χ0) is 24.6. The van der Waals surface area contributed by atoms with Crippen molar-refractivity contribution in [3.05, 3.63) is 76.5 Å². The average Bonchev–Trinajstić information content (AvgIpc) is 2.96. The number of carboxylic acids is 1. The molecule has 0 spiro atoms. The van der Waals surface area contributed by atoms with Crippen LogP contribution >= 0.6 is 0 Å². The number of ether oxygens (including phenoxy) is 2. The minimum Gasteiger partial charge on any atom is -0.497 e. The molecule has 1 atom stereocenters. The van der Waals surface area contributed by atoms with Gasteiger partial charge in [-0.25, -0.2) is 4.79 Å². The molecule has 1 unspecified atom stereocenters. The van der Waals surface area contributed by atoms with Gasteiger partial charge >= 0.3 is 5.97 Å². The highest BCUT2D eigenvalue weighted by Gasteiger charge is 2.52. The first-order chi connectivity index (χ1) is 16.2. The van der Waals surface area contributed by atoms with E-state index >= 15 is 0 Å². The van der Waals surface area contributed by atoms with Crippen molar-refractivity contribution < 1.29 is 29.3 Å². The average molecular weight is 465 g/mol. The van der Waals surface area contributed by atoms with Crippen LogP contribution in [0.3, 0.4) is 0 Å². The lowest BCUT2D eigenvalue weighted by Gasteiger charge is -2.46. The molecule has 4 rings (SSSR count). The molecule has 0 aromatic heterocycles. The first kappa shape index (κ1) is 23.4. The number of aliphatic hydroxyl groups is 1. The zero-order valence-electron chi connectivity index (χ0n) is 19.7. The van der Waals surface area contributed by atoms with Crippen LogP contribution in [0.25, 0.3) is 5.70 Å². The number of allylic oxidation sites excluding steroid dienone is 2. The third kappa shape index (κ3) is 3.70. The number of aryl methyl sites for hydroxylation is 1. The summed E-state index contributed by atoms with van der Waals surface area (Å²) in [7, 11) is 6.35. The van der Waals surface area contributed by atoms with Gasteiger partial charge in [-0.3, -0.25) is 4.79 Å². The lowest BCUT2D eigenvalue weighted by molar-refractivity contribution is -0.172. The number of aliphatic carboxylic acids is 1. The summed E-state index contributed by atoms with van der Waals surface area (Å²) in [5, 5.41) is 22.1. The highest BCUT2D eigenvalue weighted by atomic mass is 16.5. The number of benzene rings is 2. The first-order valence-corrected chi connectivity index (χ1v) is 10.9. The van der Waals surface area contributed by atoms with Gasteiger partial charge in [0.15, 0.2) is 5.78 Å². The van der Waals surface area contributed by atoms with Crippen molar-refractivity contribution in [1.82, 2.24) is 9.80 Å². The Kier molecular flexibility index (Phi) is 6.10. The summed E-state index contributed by atoms with van der Waals surface area (Å²) in [6, 6.07) is 12.7. The van der Waals surface area contributed by atoms with Crippen LogP contribution in [0.4, 0.5) is 0 Å². The van der Waals surface area contributed by atoms with Crippen LogP contribution in [-0.4, -0.2) is 65.8 Å². The Morgan fingerprint density at radius 2 is 1.85 bits per heavy atom. The molecule has 0 saturated heterocycles. The number of fused-ring (bicyclic) bond motifs is 2. The standard InChI is InChI=1S/C26H28N2O6/c1-27(2)23-14-20-21(29)12-10-16-7-5-6-8-19(16)24(20)28(26(23,32)25(30)31)15-17-9-11-18(33-3)13-22(17)34-4/h5-9,11,13-14,32H,10,12,15H2,1-4H3,(H,30,31). The van der Waals surface area contributed by atoms with Gasteiger partial charge in [0.1, 0.15) is 11.5 Å². The molecule has 0 fully saturated rings. The number of rotatable bonds is 6. The molecule has 0 bridgehead atoms. The molecule has 1 aliphatic carbocycles. The third-order valence-corrected chi connectivity index (χ3v) is 6.35. The molecule has 2 N–H and O–H groups in total. The maximum atomic E-state index is 13.3. The van der Waals surface area contributed by atoms with Crippen LogP contribution in [0.1, 0.15) is 23.1 Å². The number of carboxylic acid groups (broad SMARTS) is 1. The molecule has 2 aliphatic rings. The SMILES string of the molecule is COc1ccc(CN2C3=C(C=C(N(C)C)C2(O)C(=O)O)C(=O)CCc2ccccc23)c(OC)c1. The number of Topliss-reactive ketones (excluding diaryl/α,β-unsaturated/α-hetero) is 1. The largest absolute Gasteiger partial charge is 0.497 e. The van der Waals surface area contributed by atoms with Gasteiger partial charge in [0, 0.05) is 43.3 Å². The normalized spacial score (nSPS) is 19.6. The molecule has 1 heterocycles. The molecule has 2 aromatic carbocycles. The fourth-order valence-corrected chi connectivity index (χ4v) is 4.62. The Bertz CT molecular complexity index is 1220. The van der Waals surface area contributed by atoms with Crippen LogP contribution in [0.15, 0.2) is 59.8 Å². The molecule has 34 heavy (non-hydrogen) atoms. The van der Waals surface area contributed by atoms with Gasteiger partial charge in [-0.1, -0.05) is 24.3 Å². The van der Waals surface area contributed by atoms with E-state index in [2.05, 4.69) is 0 Å². The summed E-state index contributed by atoms with van der Waals surface area (Å²) < 4.78 is 10.8. The van der Waals surface area contributed by atoms with Crippen molar-refractivity contribution in [1.29, 1.82) is 0 Å². The van der Waals surface area contributed by atoms with Gasteiger partial charge in [-0.2, -0.15) is 0 Å². The number of ketones is 1. The van der Waals surface area contributed by atoms with E-state index in [0.717, 1.165) is 11.1 Å². The van der Waals surface area contributed by atoms with Gasteiger partial charge in [0.2, 0.25) is 0 Å². The molecule has 178 valence electrons. The highest BCUT2D eigenvalue weighted by molar-refractivity contribution is 6.08. The number of hydrogen-bond donors (Lipinski definition) is 2. The zero-order valence-corrected chi connectivity index (χ0v) is 19.7. The summed E-state index contributed by atoms with van der Waals surface area (Å²) in [5.74, 6) is -0.495. The first-order valence-electron chi connectivity index (χ1n) is 10.9. The summed E-state index contributed by atoms with van der Waals surface area (Å²) in [6.45, 7) is -0.0262. The van der Waals surface area contributed by atoms with Crippen molar-refractivity contribution in [3.63, 3.8) is 0 Å².